The minimum atomic E-state index is -3.70. The normalized spacial score (nSPS) is 14.3. The van der Waals surface area contributed by atoms with Crippen molar-refractivity contribution in [2.24, 2.45) is 0 Å². The van der Waals surface area contributed by atoms with Gasteiger partial charge in [-0.05, 0) is 54.8 Å². The van der Waals surface area contributed by atoms with E-state index < -0.39 is 25.4 Å². The lowest BCUT2D eigenvalue weighted by Gasteiger charge is -2.21. The molecule has 0 fully saturated rings. The van der Waals surface area contributed by atoms with Gasteiger partial charge in [0.2, 0.25) is 0 Å². The molecule has 2 heterocycles. The molecular weight excluding hydrogens is 555 g/mol. The fourth-order valence-corrected chi connectivity index (χ4v) is 4.49. The Morgan fingerprint density at radius 1 is 1.28 bits per heavy atom. The number of carbonyl (C=O) groups is 1. The Hall–Kier alpha value is -2.73. The fraction of sp³-hybridized carbons (Fsp3) is 0.455. The molecule has 0 bridgehead atoms. The van der Waals surface area contributed by atoms with Gasteiger partial charge in [0.1, 0.15) is 11.7 Å². The number of benzene rings is 1. The van der Waals surface area contributed by atoms with E-state index in [1.807, 2.05) is 12.1 Å². The van der Waals surface area contributed by atoms with Crippen molar-refractivity contribution in [3.05, 3.63) is 40.1 Å². The van der Waals surface area contributed by atoms with Gasteiger partial charge in [-0.2, -0.15) is 9.97 Å². The van der Waals surface area contributed by atoms with Gasteiger partial charge in [-0.3, -0.25) is 9.13 Å². The molecule has 196 valence electrons. The number of carbonyl (C=O) groups excluding carboxylic acids is 1. The highest BCUT2D eigenvalue weighted by atomic mass is 79.9. The lowest BCUT2D eigenvalue weighted by molar-refractivity contribution is 0.0502. The Morgan fingerprint density at radius 3 is 2.64 bits per heavy atom. The highest BCUT2D eigenvalue weighted by Gasteiger charge is 2.21. The monoisotopic (exact) mass is 584 g/mol. The Labute approximate surface area is 217 Å². The van der Waals surface area contributed by atoms with Crippen molar-refractivity contribution < 1.29 is 28.3 Å². The maximum atomic E-state index is 12.0. The highest BCUT2D eigenvalue weighted by Crippen LogP contribution is 2.44. The molecule has 0 radical (unpaired) electrons. The molecular formula is C22H30BrN6O6P. The zero-order chi connectivity index (χ0) is 26.7. The smallest absolute Gasteiger partial charge is 0.407 e. The van der Waals surface area contributed by atoms with Gasteiger partial charge in [0.05, 0.1) is 19.3 Å². The minimum Gasteiger partial charge on any atom is -0.458 e. The molecule has 1 amide bonds. The van der Waals surface area contributed by atoms with Crippen LogP contribution in [0.1, 0.15) is 38.8 Å². The largest absolute Gasteiger partial charge is 0.458 e. The highest BCUT2D eigenvalue weighted by molar-refractivity contribution is 9.10. The van der Waals surface area contributed by atoms with Crippen LogP contribution in [0.4, 0.5) is 10.6 Å². The van der Waals surface area contributed by atoms with Crippen molar-refractivity contribution in [3.63, 3.8) is 0 Å². The third-order valence-corrected chi connectivity index (χ3v) is 6.73. The van der Waals surface area contributed by atoms with Gasteiger partial charge >= 0.3 is 19.7 Å². The summed E-state index contributed by atoms with van der Waals surface area (Å²) in [5, 5.41) is 2.64. The van der Waals surface area contributed by atoms with Crippen LogP contribution in [0.15, 0.2) is 29.0 Å². The Balaban J connectivity index is 1.79. The topological polar surface area (TPSA) is 164 Å². The van der Waals surface area contributed by atoms with Crippen LogP contribution in [0.25, 0.3) is 11.2 Å². The predicted molar refractivity (Wildman–Crippen MR) is 138 cm³/mol. The summed E-state index contributed by atoms with van der Waals surface area (Å²) >= 11 is 3.44. The zero-order valence-corrected chi connectivity index (χ0v) is 23.2. The number of anilines is 1. The van der Waals surface area contributed by atoms with Gasteiger partial charge in [0.25, 0.3) is 0 Å². The van der Waals surface area contributed by atoms with Crippen LogP contribution in [0.3, 0.4) is 0 Å². The second-order valence-corrected chi connectivity index (χ2v) is 11.8. The number of alkyl carbamates (subject to hydrolysis) is 1. The molecule has 0 spiro atoms. The summed E-state index contributed by atoms with van der Waals surface area (Å²) in [7, 11) is -2.49. The van der Waals surface area contributed by atoms with E-state index in [0.717, 1.165) is 5.56 Å². The Kier molecular flexibility index (Phi) is 8.60. The molecule has 36 heavy (non-hydrogen) atoms. The number of imidazole rings is 1. The lowest BCUT2D eigenvalue weighted by Crippen LogP contribution is -2.37. The number of nitrogens with zero attached hydrogens (tertiary/aromatic N) is 4. The van der Waals surface area contributed by atoms with Gasteiger partial charge in [-0.25, -0.2) is 9.78 Å². The number of fused-ring (bicyclic) bond motifs is 1. The number of nitrogens with two attached hydrogens (primary N) is 1. The van der Waals surface area contributed by atoms with Crippen molar-refractivity contribution >= 4 is 46.6 Å². The minimum absolute atomic E-state index is 0.0298. The molecule has 12 nitrogen and oxygen atoms in total. The average Bonchev–Trinajstić information content (AvgIpc) is 3.07. The number of halogens is 1. The molecule has 0 saturated heterocycles. The first-order chi connectivity index (χ1) is 16.8. The van der Waals surface area contributed by atoms with E-state index in [2.05, 4.69) is 40.7 Å². The van der Waals surface area contributed by atoms with E-state index in [0.29, 0.717) is 28.0 Å². The van der Waals surface area contributed by atoms with Gasteiger partial charge in [-0.1, -0.05) is 24.3 Å². The predicted octanol–water partition coefficient (Wildman–Crippen LogP) is 3.84. The van der Waals surface area contributed by atoms with Crippen LogP contribution < -0.4 is 15.8 Å². The van der Waals surface area contributed by atoms with Gasteiger partial charge < -0.3 is 29.9 Å². The van der Waals surface area contributed by atoms with E-state index in [9.17, 15) is 14.3 Å². The maximum absolute atomic E-state index is 12.0. The van der Waals surface area contributed by atoms with E-state index in [1.165, 1.54) is 7.11 Å². The summed E-state index contributed by atoms with van der Waals surface area (Å²) in [4.78, 5) is 34.8. The van der Waals surface area contributed by atoms with E-state index in [-0.39, 0.29) is 24.5 Å². The Bertz CT molecular complexity index is 1290. The number of hydrogen-bond donors (Lipinski definition) is 3. The number of ether oxygens (including phenoxy) is 2. The fourth-order valence-electron chi connectivity index (χ4n) is 3.23. The van der Waals surface area contributed by atoms with Crippen molar-refractivity contribution in [1.82, 2.24) is 24.8 Å². The second-order valence-electron chi connectivity index (χ2n) is 9.14. The van der Waals surface area contributed by atoms with Crippen molar-refractivity contribution in [2.45, 2.75) is 52.1 Å². The first-order valence-electron chi connectivity index (χ1n) is 11.0. The van der Waals surface area contributed by atoms with Crippen LogP contribution in [0.5, 0.6) is 6.01 Å². The molecule has 2 atom stereocenters. The third kappa shape index (κ3) is 7.63. The van der Waals surface area contributed by atoms with E-state index in [1.54, 1.807) is 44.4 Å². The SMILES string of the molecule is COP(=O)(O)Cc1cccc(Cn2c(Br)nc3c(N)nc(OC(C)CNC(=O)OC(C)(C)C)nc32)c1. The molecule has 0 aliphatic heterocycles. The van der Waals surface area contributed by atoms with E-state index in [4.69, 9.17) is 15.2 Å². The van der Waals surface area contributed by atoms with Crippen molar-refractivity contribution in [3.8, 4) is 6.01 Å². The number of nitrogens with one attached hydrogen (secondary N) is 1. The third-order valence-electron chi connectivity index (χ3n) is 4.79. The second kappa shape index (κ2) is 11.1. The molecule has 0 aliphatic rings. The summed E-state index contributed by atoms with van der Waals surface area (Å²) in [6.07, 6.45) is -1.13. The number of rotatable bonds is 9. The van der Waals surface area contributed by atoms with Crippen LogP contribution in [0, 0.1) is 0 Å². The summed E-state index contributed by atoms with van der Waals surface area (Å²) in [6, 6.07) is 7.27. The average molecular weight is 585 g/mol. The van der Waals surface area contributed by atoms with E-state index >= 15 is 0 Å². The summed E-state index contributed by atoms with van der Waals surface area (Å²) < 4.78 is 29.9. The molecule has 0 saturated carbocycles. The van der Waals surface area contributed by atoms with Gasteiger partial charge in [-0.15, -0.1) is 0 Å². The van der Waals surface area contributed by atoms with Gasteiger partial charge in [0, 0.05) is 7.11 Å². The molecule has 14 heteroatoms. The molecule has 2 aromatic heterocycles. The molecule has 3 aromatic rings. The van der Waals surface area contributed by atoms with Crippen molar-refractivity contribution in [2.75, 3.05) is 19.4 Å². The number of nitrogen functional groups attached to an aromatic ring is 1. The van der Waals surface area contributed by atoms with Crippen LogP contribution >= 0.6 is 23.5 Å². The van der Waals surface area contributed by atoms with Crippen LogP contribution in [0.2, 0.25) is 0 Å². The first-order valence-corrected chi connectivity index (χ1v) is 13.6. The standard InChI is InChI=1S/C22H30BrN6O6P/c1-13(10-25-21(30)35-22(2,3)4)34-20-27-17(24)16-18(28-20)29(19(23)26-16)11-14-7-6-8-15(9-14)12-36(31,32)33-5/h6-9,13H,10-12H2,1-5H3,(H,25,30)(H,31,32)(H2,24,27,28). The number of amides is 1. The molecule has 3 rings (SSSR count). The molecule has 4 N–H and O–H groups in total. The molecule has 0 aliphatic carbocycles. The first kappa shape index (κ1) is 27.9. The lowest BCUT2D eigenvalue weighted by atomic mass is 10.1. The van der Waals surface area contributed by atoms with Crippen LogP contribution in [-0.4, -0.2) is 55.9 Å². The maximum Gasteiger partial charge on any atom is 0.407 e. The number of hydrogen-bond acceptors (Lipinski definition) is 9. The van der Waals surface area contributed by atoms with Gasteiger partial charge in [0.15, 0.2) is 21.7 Å². The van der Waals surface area contributed by atoms with Crippen LogP contribution in [-0.2, 0) is 26.5 Å². The summed E-state index contributed by atoms with van der Waals surface area (Å²) in [5.41, 5.74) is 7.84. The number of aromatic nitrogens is 4. The summed E-state index contributed by atoms with van der Waals surface area (Å²) in [6.45, 7) is 7.60. The molecule has 1 aromatic carbocycles. The summed E-state index contributed by atoms with van der Waals surface area (Å²) in [5.74, 6) is 0.136. The zero-order valence-electron chi connectivity index (χ0n) is 20.7. The molecule has 2 unspecified atom stereocenters. The Morgan fingerprint density at radius 2 is 1.97 bits per heavy atom. The quantitative estimate of drug-likeness (QED) is 0.248. The van der Waals surface area contributed by atoms with Crippen molar-refractivity contribution in [1.29, 1.82) is 0 Å².